The second-order valence-electron chi connectivity index (χ2n) is 6.22. The van der Waals surface area contributed by atoms with Crippen molar-refractivity contribution >= 4 is 0 Å². The fourth-order valence-corrected chi connectivity index (χ4v) is 3.36. The molecule has 0 aliphatic carbocycles. The highest BCUT2D eigenvalue weighted by molar-refractivity contribution is 5.31. The largest absolute Gasteiger partial charge is 0.264 e. The average Bonchev–Trinajstić information content (AvgIpc) is 2.67. The van der Waals surface area contributed by atoms with Gasteiger partial charge in [0.25, 0.3) is 0 Å². The molecule has 0 aliphatic heterocycles. The molecule has 0 saturated carbocycles. The van der Waals surface area contributed by atoms with Gasteiger partial charge in [-0.3, -0.25) is 4.98 Å². The molecule has 3 rings (SSSR count). The Morgan fingerprint density at radius 2 is 1.33 bits per heavy atom. The third-order valence-electron chi connectivity index (χ3n) is 4.71. The van der Waals surface area contributed by atoms with E-state index >= 15 is 0 Å². The van der Waals surface area contributed by atoms with Gasteiger partial charge in [-0.15, -0.1) is 0 Å². The molecule has 1 nitrogen and oxygen atoms in total. The van der Waals surface area contributed by atoms with Crippen LogP contribution >= 0.6 is 0 Å². The lowest BCUT2D eigenvalue weighted by Crippen LogP contribution is -2.05. The third-order valence-corrected chi connectivity index (χ3v) is 4.71. The van der Waals surface area contributed by atoms with Gasteiger partial charge in [0.1, 0.15) is 0 Å². The SMILES string of the molecule is [CH2]CC(CCC(c1ccccc1)c1cccnc1)c1ccccc1. The topological polar surface area (TPSA) is 12.9 Å². The van der Waals surface area contributed by atoms with Crippen LogP contribution in [-0.4, -0.2) is 4.98 Å². The van der Waals surface area contributed by atoms with Crippen LogP contribution in [0.2, 0.25) is 0 Å². The number of aromatic nitrogens is 1. The predicted molar refractivity (Wildman–Crippen MR) is 101 cm³/mol. The van der Waals surface area contributed by atoms with Crippen molar-refractivity contribution in [3.05, 3.63) is 109 Å². The molecule has 0 spiro atoms. The summed E-state index contributed by atoms with van der Waals surface area (Å²) in [6.45, 7) is 4.17. The van der Waals surface area contributed by atoms with Crippen molar-refractivity contribution in [2.75, 3.05) is 0 Å². The first-order valence-electron chi connectivity index (χ1n) is 8.67. The van der Waals surface area contributed by atoms with Crippen LogP contribution in [0.4, 0.5) is 0 Å². The lowest BCUT2D eigenvalue weighted by Gasteiger charge is -2.21. The zero-order valence-corrected chi connectivity index (χ0v) is 14.0. The summed E-state index contributed by atoms with van der Waals surface area (Å²) in [7, 11) is 0. The second kappa shape index (κ2) is 8.44. The van der Waals surface area contributed by atoms with Crippen molar-refractivity contribution in [2.45, 2.75) is 31.1 Å². The molecule has 2 aromatic carbocycles. The maximum Gasteiger partial charge on any atom is 0.0306 e. The number of hydrogen-bond donors (Lipinski definition) is 0. The third kappa shape index (κ3) is 4.11. The number of nitrogens with zero attached hydrogens (tertiary/aromatic N) is 1. The van der Waals surface area contributed by atoms with Crippen LogP contribution in [-0.2, 0) is 0 Å². The molecule has 24 heavy (non-hydrogen) atoms. The quantitative estimate of drug-likeness (QED) is 0.521. The van der Waals surface area contributed by atoms with Gasteiger partial charge in [0.05, 0.1) is 0 Å². The van der Waals surface area contributed by atoms with Crippen LogP contribution in [0.25, 0.3) is 0 Å². The minimum atomic E-state index is 0.387. The minimum Gasteiger partial charge on any atom is -0.264 e. The Kier molecular flexibility index (Phi) is 5.79. The van der Waals surface area contributed by atoms with E-state index in [1.165, 1.54) is 16.7 Å². The summed E-state index contributed by atoms with van der Waals surface area (Å²) in [6, 6.07) is 25.7. The Balaban J connectivity index is 1.80. The Labute approximate surface area is 145 Å². The van der Waals surface area contributed by atoms with Crippen LogP contribution in [0.5, 0.6) is 0 Å². The molecule has 1 heteroatoms. The fraction of sp³-hybridized carbons (Fsp3) is 0.217. The smallest absolute Gasteiger partial charge is 0.0306 e. The zero-order valence-electron chi connectivity index (χ0n) is 14.0. The van der Waals surface area contributed by atoms with E-state index in [1.54, 1.807) is 0 Å². The monoisotopic (exact) mass is 314 g/mol. The van der Waals surface area contributed by atoms with Gasteiger partial charge in [0.2, 0.25) is 0 Å². The van der Waals surface area contributed by atoms with E-state index in [0.29, 0.717) is 11.8 Å². The van der Waals surface area contributed by atoms with Gasteiger partial charge in [-0.1, -0.05) is 73.7 Å². The van der Waals surface area contributed by atoms with Crippen LogP contribution in [0.1, 0.15) is 47.8 Å². The van der Waals surface area contributed by atoms with Crippen molar-refractivity contribution in [2.24, 2.45) is 0 Å². The van der Waals surface area contributed by atoms with E-state index in [0.717, 1.165) is 19.3 Å². The Morgan fingerprint density at radius 1 is 0.708 bits per heavy atom. The highest BCUT2D eigenvalue weighted by Gasteiger charge is 2.17. The molecule has 0 amide bonds. The molecule has 121 valence electrons. The first-order chi connectivity index (χ1) is 11.9. The highest BCUT2D eigenvalue weighted by Crippen LogP contribution is 2.33. The van der Waals surface area contributed by atoms with Crippen molar-refractivity contribution < 1.29 is 0 Å². The molecule has 2 atom stereocenters. The average molecular weight is 314 g/mol. The van der Waals surface area contributed by atoms with Gasteiger partial charge >= 0.3 is 0 Å². The first kappa shape index (κ1) is 16.4. The lowest BCUT2D eigenvalue weighted by atomic mass is 9.83. The maximum atomic E-state index is 4.32. The minimum absolute atomic E-state index is 0.387. The number of hydrogen-bond acceptors (Lipinski definition) is 1. The zero-order chi connectivity index (χ0) is 16.6. The van der Waals surface area contributed by atoms with Crippen molar-refractivity contribution in [3.63, 3.8) is 0 Å². The van der Waals surface area contributed by atoms with Crippen molar-refractivity contribution in [1.82, 2.24) is 4.98 Å². The van der Waals surface area contributed by atoms with Crippen LogP contribution in [0.15, 0.2) is 85.2 Å². The lowest BCUT2D eigenvalue weighted by molar-refractivity contribution is 0.562. The number of rotatable bonds is 7. The van der Waals surface area contributed by atoms with Crippen LogP contribution in [0, 0.1) is 6.92 Å². The summed E-state index contributed by atoms with van der Waals surface area (Å²) >= 11 is 0. The second-order valence-corrected chi connectivity index (χ2v) is 6.22. The molecular formula is C23H24N. The van der Waals surface area contributed by atoms with Gasteiger partial charge < -0.3 is 0 Å². The van der Waals surface area contributed by atoms with E-state index in [2.05, 4.69) is 78.6 Å². The molecular weight excluding hydrogens is 290 g/mol. The van der Waals surface area contributed by atoms with Crippen molar-refractivity contribution in [1.29, 1.82) is 0 Å². The Bertz CT molecular complexity index is 667. The summed E-state index contributed by atoms with van der Waals surface area (Å²) in [4.78, 5) is 4.32. The predicted octanol–water partition coefficient (Wildman–Crippen LogP) is 6.00. The van der Waals surface area contributed by atoms with E-state index < -0.39 is 0 Å². The molecule has 3 aromatic rings. The maximum absolute atomic E-state index is 4.32. The van der Waals surface area contributed by atoms with Gasteiger partial charge in [0, 0.05) is 18.3 Å². The molecule has 1 radical (unpaired) electrons. The van der Waals surface area contributed by atoms with E-state index in [9.17, 15) is 0 Å². The summed E-state index contributed by atoms with van der Waals surface area (Å²) in [5.74, 6) is 0.895. The van der Waals surface area contributed by atoms with E-state index in [1.807, 2.05) is 18.5 Å². The molecule has 0 saturated heterocycles. The summed E-state index contributed by atoms with van der Waals surface area (Å²) < 4.78 is 0. The number of pyridine rings is 1. The van der Waals surface area contributed by atoms with Gasteiger partial charge in [-0.25, -0.2) is 0 Å². The molecule has 0 aliphatic rings. The summed E-state index contributed by atoms with van der Waals surface area (Å²) in [5.41, 5.74) is 4.05. The highest BCUT2D eigenvalue weighted by atomic mass is 14.6. The van der Waals surface area contributed by atoms with Gasteiger partial charge in [-0.05, 0) is 47.9 Å². The molecule has 0 bridgehead atoms. The number of benzene rings is 2. The molecule has 0 N–H and O–H groups in total. The van der Waals surface area contributed by atoms with Gasteiger partial charge in [0.15, 0.2) is 0 Å². The van der Waals surface area contributed by atoms with Crippen LogP contribution < -0.4 is 0 Å². The summed E-state index contributed by atoms with van der Waals surface area (Å²) in [6.07, 6.45) is 7.00. The molecule has 1 heterocycles. The molecule has 1 aromatic heterocycles. The molecule has 2 unspecified atom stereocenters. The van der Waals surface area contributed by atoms with Crippen molar-refractivity contribution in [3.8, 4) is 0 Å². The Hall–Kier alpha value is -2.41. The van der Waals surface area contributed by atoms with E-state index in [-0.39, 0.29) is 0 Å². The summed E-state index contributed by atoms with van der Waals surface area (Å²) in [5, 5.41) is 0. The first-order valence-corrected chi connectivity index (χ1v) is 8.67. The van der Waals surface area contributed by atoms with Gasteiger partial charge in [-0.2, -0.15) is 0 Å². The van der Waals surface area contributed by atoms with E-state index in [4.69, 9.17) is 0 Å². The standard InChI is InChI=1S/C23H24N/c1-2-19(20-10-5-3-6-11-20)15-16-23(21-12-7-4-8-13-21)22-14-9-17-24-18-22/h3-14,17-19,23H,1-2,15-16H2. The van der Waals surface area contributed by atoms with Crippen LogP contribution in [0.3, 0.4) is 0 Å². The normalized spacial score (nSPS) is 13.4. The fourth-order valence-electron chi connectivity index (χ4n) is 3.36. The molecule has 0 fully saturated rings. The Morgan fingerprint density at radius 3 is 1.92 bits per heavy atom.